The summed E-state index contributed by atoms with van der Waals surface area (Å²) in [7, 11) is 0.167. The molecule has 26 heavy (non-hydrogen) atoms. The molecule has 2 aromatic carbocycles. The minimum Gasteiger partial charge on any atom is -0.322 e. The Labute approximate surface area is 155 Å². The molecule has 0 radical (unpaired) electrons. The van der Waals surface area contributed by atoms with Crippen LogP contribution in [-0.2, 0) is 10.0 Å². The molecular weight excluding hydrogens is 350 g/mol. The van der Waals surface area contributed by atoms with Crippen LogP contribution in [0.4, 0.5) is 5.69 Å². The van der Waals surface area contributed by atoms with Gasteiger partial charge in [0.25, 0.3) is 5.91 Å². The van der Waals surface area contributed by atoms with Crippen molar-refractivity contribution in [2.45, 2.75) is 18.7 Å². The molecule has 2 N–H and O–H groups in total. The summed E-state index contributed by atoms with van der Waals surface area (Å²) in [6.07, 6.45) is 0. The monoisotopic (exact) mass is 375 g/mol. The van der Waals surface area contributed by atoms with Crippen LogP contribution in [-0.4, -0.2) is 46.4 Å². The van der Waals surface area contributed by atoms with Gasteiger partial charge in [-0.05, 0) is 69.4 Å². The minimum absolute atomic E-state index is 0.138. The van der Waals surface area contributed by atoms with E-state index in [1.807, 2.05) is 51.0 Å². The number of amides is 1. The molecule has 0 spiro atoms. The standard InChI is InChI=1S/C19H25N3O3S/c1-14-6-5-7-18(15(14)2)21-19(23)16-8-10-17(11-9-16)26(24,25)20-12-13-22(3)4/h5-11,20H,12-13H2,1-4H3,(H,21,23). The molecule has 2 aromatic rings. The van der Waals surface area contributed by atoms with E-state index in [9.17, 15) is 13.2 Å². The molecule has 0 heterocycles. The van der Waals surface area contributed by atoms with Gasteiger partial charge in [0.15, 0.2) is 0 Å². The van der Waals surface area contributed by atoms with Crippen molar-refractivity contribution in [1.82, 2.24) is 9.62 Å². The van der Waals surface area contributed by atoms with Crippen LogP contribution in [0.3, 0.4) is 0 Å². The van der Waals surface area contributed by atoms with Gasteiger partial charge in [-0.2, -0.15) is 0 Å². The summed E-state index contributed by atoms with van der Waals surface area (Å²) >= 11 is 0. The quantitative estimate of drug-likeness (QED) is 0.779. The summed E-state index contributed by atoms with van der Waals surface area (Å²) in [6.45, 7) is 4.85. The zero-order valence-corrected chi connectivity index (χ0v) is 16.4. The second-order valence-electron chi connectivity index (χ2n) is 6.43. The average molecular weight is 375 g/mol. The van der Waals surface area contributed by atoms with E-state index in [1.54, 1.807) is 0 Å². The maximum atomic E-state index is 12.4. The van der Waals surface area contributed by atoms with Crippen LogP contribution in [0.25, 0.3) is 0 Å². The Bertz CT molecular complexity index is 875. The van der Waals surface area contributed by atoms with E-state index in [2.05, 4.69) is 10.0 Å². The normalized spacial score (nSPS) is 11.6. The number of hydrogen-bond acceptors (Lipinski definition) is 4. The third-order valence-electron chi connectivity index (χ3n) is 4.13. The molecule has 0 fully saturated rings. The van der Waals surface area contributed by atoms with Crippen LogP contribution >= 0.6 is 0 Å². The lowest BCUT2D eigenvalue weighted by atomic mass is 10.1. The van der Waals surface area contributed by atoms with Gasteiger partial charge < -0.3 is 10.2 Å². The first-order chi connectivity index (χ1) is 12.2. The number of likely N-dealkylation sites (N-methyl/N-ethyl adjacent to an activating group) is 1. The van der Waals surface area contributed by atoms with Crippen molar-refractivity contribution in [3.05, 3.63) is 59.2 Å². The maximum absolute atomic E-state index is 12.4. The Balaban J connectivity index is 2.08. The summed E-state index contributed by atoms with van der Waals surface area (Å²) in [6, 6.07) is 11.6. The predicted molar refractivity (Wildman–Crippen MR) is 104 cm³/mol. The van der Waals surface area contributed by atoms with Crippen LogP contribution in [0, 0.1) is 13.8 Å². The van der Waals surface area contributed by atoms with E-state index in [0.717, 1.165) is 16.8 Å². The number of carbonyl (C=O) groups is 1. The molecular formula is C19H25N3O3S. The summed E-state index contributed by atoms with van der Waals surface area (Å²) < 4.78 is 27.0. The lowest BCUT2D eigenvalue weighted by molar-refractivity contribution is 0.102. The van der Waals surface area contributed by atoms with E-state index < -0.39 is 10.0 Å². The molecule has 0 aliphatic heterocycles. The fraction of sp³-hybridized carbons (Fsp3) is 0.316. The molecule has 2 rings (SSSR count). The van der Waals surface area contributed by atoms with Crippen LogP contribution in [0.1, 0.15) is 21.5 Å². The molecule has 6 nitrogen and oxygen atoms in total. The number of sulfonamides is 1. The molecule has 0 aromatic heterocycles. The van der Waals surface area contributed by atoms with Crippen LogP contribution < -0.4 is 10.0 Å². The number of nitrogens with one attached hydrogen (secondary N) is 2. The topological polar surface area (TPSA) is 78.5 Å². The van der Waals surface area contributed by atoms with Crippen molar-refractivity contribution < 1.29 is 13.2 Å². The predicted octanol–water partition coefficient (Wildman–Crippen LogP) is 2.40. The second kappa shape index (κ2) is 8.44. The van der Waals surface area contributed by atoms with Crippen molar-refractivity contribution in [2.24, 2.45) is 0 Å². The molecule has 7 heteroatoms. The highest BCUT2D eigenvalue weighted by Crippen LogP contribution is 2.19. The highest BCUT2D eigenvalue weighted by molar-refractivity contribution is 7.89. The van der Waals surface area contributed by atoms with E-state index >= 15 is 0 Å². The Hall–Kier alpha value is -2.22. The highest BCUT2D eigenvalue weighted by Gasteiger charge is 2.15. The van der Waals surface area contributed by atoms with Gasteiger partial charge in [-0.25, -0.2) is 13.1 Å². The lowest BCUT2D eigenvalue weighted by Gasteiger charge is -2.12. The van der Waals surface area contributed by atoms with Gasteiger partial charge in [0, 0.05) is 24.3 Å². The van der Waals surface area contributed by atoms with Gasteiger partial charge in [-0.3, -0.25) is 4.79 Å². The summed E-state index contributed by atoms with van der Waals surface area (Å²) in [5, 5.41) is 2.86. The zero-order chi connectivity index (χ0) is 19.3. The van der Waals surface area contributed by atoms with E-state index in [1.165, 1.54) is 24.3 Å². The van der Waals surface area contributed by atoms with Gasteiger partial charge in [-0.15, -0.1) is 0 Å². The smallest absolute Gasteiger partial charge is 0.255 e. The summed E-state index contributed by atoms with van der Waals surface area (Å²) in [4.78, 5) is 14.4. The van der Waals surface area contributed by atoms with Gasteiger partial charge in [0.05, 0.1) is 4.90 Å². The maximum Gasteiger partial charge on any atom is 0.255 e. The molecule has 0 unspecified atom stereocenters. The average Bonchev–Trinajstić information content (AvgIpc) is 2.58. The first kappa shape index (κ1) is 20.1. The van der Waals surface area contributed by atoms with Crippen molar-refractivity contribution in [3.63, 3.8) is 0 Å². The molecule has 0 saturated carbocycles. The summed E-state index contributed by atoms with van der Waals surface area (Å²) in [5.74, 6) is -0.275. The van der Waals surface area contributed by atoms with Crippen molar-refractivity contribution in [3.8, 4) is 0 Å². The first-order valence-electron chi connectivity index (χ1n) is 8.33. The third kappa shape index (κ3) is 5.14. The molecule has 0 aliphatic rings. The van der Waals surface area contributed by atoms with Gasteiger partial charge in [-0.1, -0.05) is 12.1 Å². The van der Waals surface area contributed by atoms with E-state index in [-0.39, 0.29) is 10.8 Å². The van der Waals surface area contributed by atoms with Gasteiger partial charge in [0.1, 0.15) is 0 Å². The van der Waals surface area contributed by atoms with E-state index in [4.69, 9.17) is 0 Å². The highest BCUT2D eigenvalue weighted by atomic mass is 32.2. The SMILES string of the molecule is Cc1cccc(NC(=O)c2ccc(S(=O)(=O)NCCN(C)C)cc2)c1C. The van der Waals surface area contributed by atoms with Gasteiger partial charge >= 0.3 is 0 Å². The number of rotatable bonds is 7. The molecule has 0 atom stereocenters. The number of anilines is 1. The number of nitrogens with zero attached hydrogens (tertiary/aromatic N) is 1. The number of benzene rings is 2. The van der Waals surface area contributed by atoms with Crippen LogP contribution in [0.2, 0.25) is 0 Å². The molecule has 0 aliphatic carbocycles. The van der Waals surface area contributed by atoms with Crippen LogP contribution in [0.5, 0.6) is 0 Å². The third-order valence-corrected chi connectivity index (χ3v) is 5.61. The Morgan fingerprint density at radius 1 is 1.04 bits per heavy atom. The van der Waals surface area contributed by atoms with Crippen molar-refractivity contribution in [2.75, 3.05) is 32.5 Å². The lowest BCUT2D eigenvalue weighted by Crippen LogP contribution is -2.31. The first-order valence-corrected chi connectivity index (χ1v) is 9.81. The number of hydrogen-bond donors (Lipinski definition) is 2. The molecule has 0 bridgehead atoms. The fourth-order valence-corrected chi connectivity index (χ4v) is 3.37. The zero-order valence-electron chi connectivity index (χ0n) is 15.5. The molecule has 0 saturated heterocycles. The number of carbonyl (C=O) groups excluding carboxylic acids is 1. The van der Waals surface area contributed by atoms with Crippen molar-refractivity contribution >= 4 is 21.6 Å². The van der Waals surface area contributed by atoms with Gasteiger partial charge in [0.2, 0.25) is 10.0 Å². The Morgan fingerprint density at radius 3 is 2.31 bits per heavy atom. The van der Waals surface area contributed by atoms with Crippen LogP contribution in [0.15, 0.2) is 47.4 Å². The Morgan fingerprint density at radius 2 is 1.69 bits per heavy atom. The minimum atomic E-state index is -3.58. The summed E-state index contributed by atoms with van der Waals surface area (Å²) in [5.41, 5.74) is 3.24. The van der Waals surface area contributed by atoms with Crippen molar-refractivity contribution in [1.29, 1.82) is 0 Å². The fourth-order valence-electron chi connectivity index (χ4n) is 2.35. The molecule has 140 valence electrons. The Kier molecular flexibility index (Phi) is 6.52. The van der Waals surface area contributed by atoms with E-state index in [0.29, 0.717) is 18.7 Å². The number of aryl methyl sites for hydroxylation is 1. The molecule has 1 amide bonds. The second-order valence-corrected chi connectivity index (χ2v) is 8.19. The largest absolute Gasteiger partial charge is 0.322 e.